The Morgan fingerprint density at radius 3 is 2.95 bits per heavy atom. The molecule has 2 atom stereocenters. The molecule has 2 saturated heterocycles. The number of morpholine rings is 1. The van der Waals surface area contributed by atoms with E-state index in [1.165, 1.54) is 5.69 Å². The highest BCUT2D eigenvalue weighted by molar-refractivity contribution is 5.72. The molecule has 0 amide bonds. The van der Waals surface area contributed by atoms with Gasteiger partial charge in [0.1, 0.15) is 0 Å². The van der Waals surface area contributed by atoms with Crippen molar-refractivity contribution in [2.24, 2.45) is 0 Å². The van der Waals surface area contributed by atoms with Crippen LogP contribution in [0.4, 0.5) is 17.1 Å². The second kappa shape index (κ2) is 4.90. The summed E-state index contributed by atoms with van der Waals surface area (Å²) in [5.41, 5.74) is 9.00. The first-order valence-electron chi connectivity index (χ1n) is 6.83. The van der Waals surface area contributed by atoms with Gasteiger partial charge in [-0.2, -0.15) is 0 Å². The Balaban J connectivity index is 0.00000147. The van der Waals surface area contributed by atoms with Gasteiger partial charge in [-0.05, 0) is 25.2 Å². The summed E-state index contributed by atoms with van der Waals surface area (Å²) in [6.07, 6.45) is 0.323. The van der Waals surface area contributed by atoms with Gasteiger partial charge in [0, 0.05) is 33.8 Å². The molecule has 0 saturated carbocycles. The van der Waals surface area contributed by atoms with Crippen LogP contribution in [0.2, 0.25) is 0 Å². The fourth-order valence-electron chi connectivity index (χ4n) is 3.04. The maximum absolute atomic E-state index is 6.04. The number of anilines is 3. The van der Waals surface area contributed by atoms with E-state index in [1.807, 2.05) is 19.2 Å². The van der Waals surface area contributed by atoms with Gasteiger partial charge in [-0.25, -0.2) is 0 Å². The molecule has 1 aromatic rings. The Bertz CT molecular complexity index is 470. The highest BCUT2D eigenvalue weighted by Crippen LogP contribution is 2.30. The molecule has 106 valence electrons. The summed E-state index contributed by atoms with van der Waals surface area (Å²) >= 11 is 0. The molecule has 5 nitrogen and oxygen atoms in total. The van der Waals surface area contributed by atoms with Gasteiger partial charge in [-0.1, -0.05) is 0 Å². The summed E-state index contributed by atoms with van der Waals surface area (Å²) < 4.78 is 5.87. The third-order valence-corrected chi connectivity index (χ3v) is 4.25. The highest BCUT2D eigenvalue weighted by Gasteiger charge is 2.38. The van der Waals surface area contributed by atoms with Crippen LogP contribution >= 0.6 is 0 Å². The van der Waals surface area contributed by atoms with Crippen molar-refractivity contribution in [2.75, 3.05) is 56.3 Å². The van der Waals surface area contributed by atoms with Gasteiger partial charge in [-0.3, -0.25) is 4.90 Å². The monoisotopic (exact) mass is 264 g/mol. The number of ether oxygens (including phenoxy) is 1. The van der Waals surface area contributed by atoms with Gasteiger partial charge in [-0.15, -0.1) is 0 Å². The minimum absolute atomic E-state index is 0. The van der Waals surface area contributed by atoms with Crippen molar-refractivity contribution in [3.63, 3.8) is 0 Å². The molecule has 3 N–H and O–H groups in total. The number of hydrogen-bond donors (Lipinski definition) is 2. The van der Waals surface area contributed by atoms with Crippen molar-refractivity contribution in [1.82, 2.24) is 4.90 Å². The Morgan fingerprint density at radius 1 is 1.42 bits per heavy atom. The van der Waals surface area contributed by atoms with Crippen molar-refractivity contribution in [3.8, 4) is 0 Å². The number of hydrogen-bond acceptors (Lipinski definition) is 5. The van der Waals surface area contributed by atoms with E-state index < -0.39 is 0 Å². The molecular weight excluding hydrogens is 240 g/mol. The second-order valence-electron chi connectivity index (χ2n) is 5.38. The molecule has 0 aliphatic carbocycles. The van der Waals surface area contributed by atoms with Gasteiger partial charge in [0.05, 0.1) is 30.1 Å². The third-order valence-electron chi connectivity index (χ3n) is 4.25. The highest BCUT2D eigenvalue weighted by atomic mass is 16.5. The van der Waals surface area contributed by atoms with Crippen molar-refractivity contribution in [2.45, 2.75) is 12.1 Å². The molecule has 2 fully saturated rings. The van der Waals surface area contributed by atoms with Crippen LogP contribution in [0.3, 0.4) is 0 Å². The number of nitrogens with zero attached hydrogens (tertiary/aromatic N) is 2. The molecule has 5 heteroatoms. The molecule has 3 rings (SSSR count). The SMILES string of the molecule is CNc1ccc(N2C[C@H]3OCCN(C)[C@H]3C2)cc1N.[HH]. The lowest BCUT2D eigenvalue weighted by Gasteiger charge is -2.33. The van der Waals surface area contributed by atoms with Crippen molar-refractivity contribution in [3.05, 3.63) is 18.2 Å². The summed E-state index contributed by atoms with van der Waals surface area (Å²) in [7, 11) is 4.07. The van der Waals surface area contributed by atoms with Crippen LogP contribution in [-0.2, 0) is 4.74 Å². The van der Waals surface area contributed by atoms with Gasteiger partial charge >= 0.3 is 0 Å². The summed E-state index contributed by atoms with van der Waals surface area (Å²) in [5, 5.41) is 3.09. The van der Waals surface area contributed by atoms with Crippen molar-refractivity contribution in [1.29, 1.82) is 0 Å². The molecule has 0 spiro atoms. The van der Waals surface area contributed by atoms with Crippen LogP contribution in [-0.4, -0.2) is 57.4 Å². The summed E-state index contributed by atoms with van der Waals surface area (Å²) in [6, 6.07) is 6.71. The van der Waals surface area contributed by atoms with Crippen molar-refractivity contribution >= 4 is 17.1 Å². The number of rotatable bonds is 2. The molecule has 2 heterocycles. The van der Waals surface area contributed by atoms with Crippen LogP contribution in [0.15, 0.2) is 18.2 Å². The van der Waals surface area contributed by atoms with Gasteiger partial charge in [0.15, 0.2) is 0 Å². The van der Waals surface area contributed by atoms with E-state index in [9.17, 15) is 0 Å². The minimum Gasteiger partial charge on any atom is -0.397 e. The average Bonchev–Trinajstić information content (AvgIpc) is 2.84. The molecule has 0 bridgehead atoms. The number of nitrogens with two attached hydrogens (primary N) is 1. The number of benzene rings is 1. The fraction of sp³-hybridized carbons (Fsp3) is 0.571. The quantitative estimate of drug-likeness (QED) is 0.783. The zero-order chi connectivity index (χ0) is 13.4. The van der Waals surface area contributed by atoms with E-state index in [0.29, 0.717) is 12.1 Å². The molecule has 0 radical (unpaired) electrons. The standard InChI is InChI=1S/C14H22N4O.H2/c1-16-12-4-3-10(7-11(12)15)18-8-13-14(9-18)19-6-5-17(13)2;/h3-4,7,13-14,16H,5-6,8-9,15H2,1-2H3;1H/t13-,14+;/m0./s1. The zero-order valence-electron chi connectivity index (χ0n) is 11.6. The van der Waals surface area contributed by atoms with Crippen LogP contribution in [0.25, 0.3) is 0 Å². The smallest absolute Gasteiger partial charge is 0.0922 e. The number of fused-ring (bicyclic) bond motifs is 1. The van der Waals surface area contributed by atoms with Crippen molar-refractivity contribution < 1.29 is 6.16 Å². The minimum atomic E-state index is 0. The molecule has 19 heavy (non-hydrogen) atoms. The molecule has 1 aromatic carbocycles. The molecular formula is C14H24N4O. The third kappa shape index (κ3) is 2.24. The predicted octanol–water partition coefficient (Wildman–Crippen LogP) is 1.08. The Labute approximate surface area is 115 Å². The van der Waals surface area contributed by atoms with Crippen LogP contribution in [0.5, 0.6) is 0 Å². The second-order valence-corrected chi connectivity index (χ2v) is 5.38. The number of nitrogen functional groups attached to an aromatic ring is 1. The van der Waals surface area contributed by atoms with Crippen LogP contribution < -0.4 is 16.0 Å². The topological polar surface area (TPSA) is 53.8 Å². The van der Waals surface area contributed by atoms with E-state index in [1.54, 1.807) is 0 Å². The maximum Gasteiger partial charge on any atom is 0.0922 e. The largest absolute Gasteiger partial charge is 0.397 e. The summed E-state index contributed by atoms with van der Waals surface area (Å²) in [5.74, 6) is 0. The first-order valence-corrected chi connectivity index (χ1v) is 6.83. The van der Waals surface area contributed by atoms with Gasteiger partial charge < -0.3 is 20.7 Å². The van der Waals surface area contributed by atoms with E-state index >= 15 is 0 Å². The van der Waals surface area contributed by atoms with Crippen LogP contribution in [0.1, 0.15) is 1.43 Å². The Kier molecular flexibility index (Phi) is 3.24. The molecule has 2 aliphatic heterocycles. The maximum atomic E-state index is 6.04. The Morgan fingerprint density at radius 2 is 2.26 bits per heavy atom. The van der Waals surface area contributed by atoms with Gasteiger partial charge in [0.2, 0.25) is 0 Å². The number of nitrogens with one attached hydrogen (secondary N) is 1. The lowest BCUT2D eigenvalue weighted by molar-refractivity contribution is -0.0362. The first-order chi connectivity index (χ1) is 9.19. The molecule has 2 aliphatic rings. The zero-order valence-corrected chi connectivity index (χ0v) is 11.6. The summed E-state index contributed by atoms with van der Waals surface area (Å²) in [6.45, 7) is 3.83. The molecule has 0 unspecified atom stereocenters. The Hall–Kier alpha value is -1.46. The average molecular weight is 264 g/mol. The first kappa shape index (κ1) is 12.6. The number of likely N-dealkylation sites (N-methyl/N-ethyl adjacent to an activating group) is 1. The molecule has 0 aromatic heterocycles. The predicted molar refractivity (Wildman–Crippen MR) is 80.9 cm³/mol. The lowest BCUT2D eigenvalue weighted by Crippen LogP contribution is -2.48. The lowest BCUT2D eigenvalue weighted by atomic mass is 10.1. The van der Waals surface area contributed by atoms with E-state index in [2.05, 4.69) is 28.2 Å². The summed E-state index contributed by atoms with van der Waals surface area (Å²) in [4.78, 5) is 4.77. The van der Waals surface area contributed by atoms with E-state index in [0.717, 1.165) is 37.6 Å². The normalized spacial score (nSPS) is 27.4. The van der Waals surface area contributed by atoms with Crippen LogP contribution in [0, 0.1) is 0 Å². The van der Waals surface area contributed by atoms with E-state index in [4.69, 9.17) is 10.5 Å². The van der Waals surface area contributed by atoms with Gasteiger partial charge in [0.25, 0.3) is 0 Å². The van der Waals surface area contributed by atoms with E-state index in [-0.39, 0.29) is 1.43 Å². The fourth-order valence-corrected chi connectivity index (χ4v) is 3.04.